The van der Waals surface area contributed by atoms with Crippen LogP contribution in [0.4, 0.5) is 4.39 Å². The largest absolute Gasteiger partial charge is 0.502 e. The second-order valence-electron chi connectivity index (χ2n) is 3.76. The van der Waals surface area contributed by atoms with Crippen molar-refractivity contribution < 1.29 is 13.9 Å². The van der Waals surface area contributed by atoms with E-state index in [9.17, 15) is 14.3 Å². The third kappa shape index (κ3) is 1.60. The molecule has 0 bridgehead atoms. The predicted octanol–water partition coefficient (Wildman–Crippen LogP) is 3.37. The molecule has 0 atom stereocenters. The summed E-state index contributed by atoms with van der Waals surface area (Å²) in [4.78, 5) is 11.9. The molecular formula is C13H7FO3S. The minimum atomic E-state index is -0.628. The molecule has 0 aliphatic carbocycles. The number of aromatic hydroxyl groups is 1. The van der Waals surface area contributed by atoms with E-state index in [-0.39, 0.29) is 16.7 Å². The van der Waals surface area contributed by atoms with Gasteiger partial charge in [0.15, 0.2) is 5.76 Å². The molecule has 0 fully saturated rings. The van der Waals surface area contributed by atoms with Crippen LogP contribution >= 0.6 is 11.3 Å². The number of fused-ring (bicyclic) bond motifs is 1. The van der Waals surface area contributed by atoms with Gasteiger partial charge in [-0.25, -0.2) is 4.39 Å². The fourth-order valence-electron chi connectivity index (χ4n) is 1.75. The van der Waals surface area contributed by atoms with E-state index in [2.05, 4.69) is 0 Å². The van der Waals surface area contributed by atoms with Crippen molar-refractivity contribution in [2.45, 2.75) is 0 Å². The van der Waals surface area contributed by atoms with Crippen LogP contribution in [0.1, 0.15) is 0 Å². The monoisotopic (exact) mass is 262 g/mol. The number of hydrogen-bond acceptors (Lipinski definition) is 4. The second kappa shape index (κ2) is 3.96. The van der Waals surface area contributed by atoms with Gasteiger partial charge in [0.1, 0.15) is 11.4 Å². The maximum atomic E-state index is 13.1. The molecule has 5 heteroatoms. The molecule has 0 amide bonds. The highest BCUT2D eigenvalue weighted by Gasteiger charge is 2.15. The quantitative estimate of drug-likeness (QED) is 0.731. The van der Waals surface area contributed by atoms with Crippen molar-refractivity contribution in [3.8, 4) is 17.1 Å². The molecule has 3 rings (SSSR count). The SMILES string of the molecule is O=c1c(O)c(-c2ccsc2)oc2ccc(F)cc12. The Balaban J connectivity index is 2.40. The van der Waals surface area contributed by atoms with Gasteiger partial charge in [-0.05, 0) is 29.6 Å². The summed E-state index contributed by atoms with van der Waals surface area (Å²) in [5, 5.41) is 13.4. The highest BCUT2D eigenvalue weighted by Crippen LogP contribution is 2.31. The van der Waals surface area contributed by atoms with Gasteiger partial charge in [-0.1, -0.05) is 0 Å². The number of benzene rings is 1. The molecule has 18 heavy (non-hydrogen) atoms. The number of hydrogen-bond donors (Lipinski definition) is 1. The fourth-order valence-corrected chi connectivity index (χ4v) is 2.38. The molecule has 0 saturated carbocycles. The van der Waals surface area contributed by atoms with Gasteiger partial charge < -0.3 is 9.52 Å². The highest BCUT2D eigenvalue weighted by molar-refractivity contribution is 7.08. The Morgan fingerprint density at radius 1 is 1.28 bits per heavy atom. The average molecular weight is 262 g/mol. The molecule has 0 spiro atoms. The maximum absolute atomic E-state index is 13.1. The van der Waals surface area contributed by atoms with E-state index in [0.29, 0.717) is 5.56 Å². The highest BCUT2D eigenvalue weighted by atomic mass is 32.1. The molecule has 2 heterocycles. The first-order chi connectivity index (χ1) is 8.66. The predicted molar refractivity (Wildman–Crippen MR) is 67.4 cm³/mol. The van der Waals surface area contributed by atoms with Crippen molar-refractivity contribution in [2.24, 2.45) is 0 Å². The van der Waals surface area contributed by atoms with E-state index >= 15 is 0 Å². The van der Waals surface area contributed by atoms with Gasteiger partial charge in [-0.2, -0.15) is 11.3 Å². The van der Waals surface area contributed by atoms with Crippen molar-refractivity contribution >= 4 is 22.3 Å². The summed E-state index contributed by atoms with van der Waals surface area (Å²) in [6.45, 7) is 0. The van der Waals surface area contributed by atoms with Crippen LogP contribution in [0.5, 0.6) is 5.75 Å². The summed E-state index contributed by atoms with van der Waals surface area (Å²) in [7, 11) is 0. The normalized spacial score (nSPS) is 10.9. The van der Waals surface area contributed by atoms with Crippen molar-refractivity contribution in [1.29, 1.82) is 0 Å². The van der Waals surface area contributed by atoms with Crippen LogP contribution < -0.4 is 5.43 Å². The lowest BCUT2D eigenvalue weighted by molar-refractivity contribution is 0.449. The van der Waals surface area contributed by atoms with E-state index in [0.717, 1.165) is 6.07 Å². The van der Waals surface area contributed by atoms with E-state index < -0.39 is 17.0 Å². The van der Waals surface area contributed by atoms with Gasteiger partial charge in [-0.15, -0.1) is 0 Å². The molecule has 1 N–H and O–H groups in total. The van der Waals surface area contributed by atoms with Crippen molar-refractivity contribution in [3.63, 3.8) is 0 Å². The zero-order valence-electron chi connectivity index (χ0n) is 9.01. The Hall–Kier alpha value is -2.14. The smallest absolute Gasteiger partial charge is 0.235 e. The summed E-state index contributed by atoms with van der Waals surface area (Å²) in [5.41, 5.74) is 0.248. The lowest BCUT2D eigenvalue weighted by atomic mass is 10.1. The molecule has 0 aliphatic heterocycles. The molecule has 2 aromatic heterocycles. The summed E-state index contributed by atoms with van der Waals surface area (Å²) >= 11 is 1.42. The van der Waals surface area contributed by atoms with E-state index in [1.807, 2.05) is 5.38 Å². The van der Waals surface area contributed by atoms with Crippen LogP contribution in [0, 0.1) is 5.82 Å². The van der Waals surface area contributed by atoms with Gasteiger partial charge in [0, 0.05) is 10.9 Å². The van der Waals surface area contributed by atoms with Crippen LogP contribution in [-0.2, 0) is 0 Å². The summed E-state index contributed by atoms with van der Waals surface area (Å²) < 4.78 is 18.5. The molecule has 0 radical (unpaired) electrons. The zero-order valence-corrected chi connectivity index (χ0v) is 9.83. The van der Waals surface area contributed by atoms with Crippen molar-refractivity contribution in [2.75, 3.05) is 0 Å². The van der Waals surface area contributed by atoms with Gasteiger partial charge in [0.25, 0.3) is 0 Å². The Labute approximate surface area is 105 Å². The Morgan fingerprint density at radius 3 is 2.83 bits per heavy atom. The van der Waals surface area contributed by atoms with Crippen molar-refractivity contribution in [1.82, 2.24) is 0 Å². The third-order valence-electron chi connectivity index (χ3n) is 2.61. The van der Waals surface area contributed by atoms with Gasteiger partial charge in [0.2, 0.25) is 11.2 Å². The number of thiophene rings is 1. The van der Waals surface area contributed by atoms with Crippen LogP contribution in [0.3, 0.4) is 0 Å². The molecule has 3 nitrogen and oxygen atoms in total. The lowest BCUT2D eigenvalue weighted by Gasteiger charge is -2.03. The fraction of sp³-hybridized carbons (Fsp3) is 0. The second-order valence-corrected chi connectivity index (χ2v) is 4.54. The minimum absolute atomic E-state index is 0.0338. The zero-order chi connectivity index (χ0) is 12.7. The lowest BCUT2D eigenvalue weighted by Crippen LogP contribution is -2.02. The number of halogens is 1. The third-order valence-corrected chi connectivity index (χ3v) is 3.30. The first-order valence-electron chi connectivity index (χ1n) is 5.15. The average Bonchev–Trinajstić information content (AvgIpc) is 2.88. The molecule has 0 unspecified atom stereocenters. The first kappa shape index (κ1) is 11.0. The Bertz CT molecular complexity index is 775. The maximum Gasteiger partial charge on any atom is 0.235 e. The van der Waals surface area contributed by atoms with Gasteiger partial charge in [0.05, 0.1) is 5.39 Å². The minimum Gasteiger partial charge on any atom is -0.502 e. The molecule has 0 aliphatic rings. The van der Waals surface area contributed by atoms with Crippen LogP contribution in [-0.4, -0.2) is 5.11 Å². The van der Waals surface area contributed by atoms with Gasteiger partial charge in [-0.3, -0.25) is 4.79 Å². The molecule has 0 saturated heterocycles. The molecule has 90 valence electrons. The van der Waals surface area contributed by atoms with Crippen LogP contribution in [0.25, 0.3) is 22.3 Å². The number of rotatable bonds is 1. The van der Waals surface area contributed by atoms with Crippen LogP contribution in [0.2, 0.25) is 0 Å². The first-order valence-corrected chi connectivity index (χ1v) is 6.09. The van der Waals surface area contributed by atoms with E-state index in [1.54, 1.807) is 11.4 Å². The van der Waals surface area contributed by atoms with Crippen molar-refractivity contribution in [3.05, 3.63) is 51.1 Å². The molecular weight excluding hydrogens is 255 g/mol. The van der Waals surface area contributed by atoms with E-state index in [1.165, 1.54) is 23.5 Å². The Kier molecular flexibility index (Phi) is 2.41. The Morgan fingerprint density at radius 2 is 2.11 bits per heavy atom. The standard InChI is InChI=1S/C13H7FO3S/c14-8-1-2-10-9(5-8)11(15)12(16)13(17-10)7-3-4-18-6-7/h1-6,16H. The molecule has 3 aromatic rings. The summed E-state index contributed by atoms with van der Waals surface area (Å²) in [5.74, 6) is -0.927. The summed E-state index contributed by atoms with van der Waals surface area (Å²) in [6.07, 6.45) is 0. The topological polar surface area (TPSA) is 50.4 Å². The summed E-state index contributed by atoms with van der Waals surface area (Å²) in [6, 6.07) is 5.37. The van der Waals surface area contributed by atoms with Gasteiger partial charge >= 0.3 is 0 Å². The van der Waals surface area contributed by atoms with E-state index in [4.69, 9.17) is 4.42 Å². The molecule has 1 aromatic carbocycles. The van der Waals surface area contributed by atoms with Crippen LogP contribution in [0.15, 0.2) is 44.2 Å².